The SMILES string of the molecule is N=C(c1cnc(N2CC3(COCCN3)C2)c(F)c1)c1cc(OCc2c(Cl)cncc2Cl)ccc1N. The van der Waals surface area contributed by atoms with Crippen LogP contribution in [0.3, 0.4) is 0 Å². The summed E-state index contributed by atoms with van der Waals surface area (Å²) in [5, 5.41) is 12.9. The van der Waals surface area contributed by atoms with Crippen LogP contribution in [0.25, 0.3) is 0 Å². The van der Waals surface area contributed by atoms with Gasteiger partial charge in [0.05, 0.1) is 34.5 Å². The lowest BCUT2D eigenvalue weighted by Gasteiger charge is -2.52. The van der Waals surface area contributed by atoms with Gasteiger partial charge in [0.1, 0.15) is 12.4 Å². The molecule has 0 atom stereocenters. The van der Waals surface area contributed by atoms with E-state index in [0.29, 0.717) is 64.5 Å². The second-order valence-electron chi connectivity index (χ2n) is 8.64. The molecule has 2 fully saturated rings. The van der Waals surface area contributed by atoms with Gasteiger partial charge in [0.15, 0.2) is 11.6 Å². The Morgan fingerprint density at radius 1 is 1.23 bits per heavy atom. The lowest BCUT2D eigenvalue weighted by Crippen LogP contribution is -2.74. The predicted molar refractivity (Wildman–Crippen MR) is 133 cm³/mol. The Labute approximate surface area is 211 Å². The summed E-state index contributed by atoms with van der Waals surface area (Å²) >= 11 is 12.3. The van der Waals surface area contributed by atoms with Crippen LogP contribution in [0, 0.1) is 11.2 Å². The average Bonchev–Trinajstić information content (AvgIpc) is 2.83. The zero-order chi connectivity index (χ0) is 24.6. The van der Waals surface area contributed by atoms with Crippen molar-refractivity contribution >= 4 is 40.4 Å². The molecule has 11 heteroatoms. The molecule has 0 aliphatic carbocycles. The molecule has 0 unspecified atom stereocenters. The standard InChI is InChI=1S/C24H23Cl2FN6O2/c25-18-8-30-9-19(26)17(18)10-35-15-1-2-21(28)16(6-15)22(29)14-5-20(27)23(31-7-14)33-11-24(12-33)13-34-4-3-32-24/h1-2,5-9,29,32H,3-4,10-13,28H2. The number of nitrogens with two attached hydrogens (primary N) is 1. The molecular weight excluding hydrogens is 494 g/mol. The first-order chi connectivity index (χ1) is 16.8. The normalized spacial score (nSPS) is 16.7. The summed E-state index contributed by atoms with van der Waals surface area (Å²) in [6.45, 7) is 3.42. The number of nitrogens with one attached hydrogen (secondary N) is 2. The van der Waals surface area contributed by atoms with E-state index in [-0.39, 0.29) is 23.7 Å². The summed E-state index contributed by atoms with van der Waals surface area (Å²) in [6.07, 6.45) is 4.46. The maximum absolute atomic E-state index is 15.0. The zero-order valence-electron chi connectivity index (χ0n) is 18.7. The minimum absolute atomic E-state index is 0.0355. The van der Waals surface area contributed by atoms with Crippen LogP contribution in [0.15, 0.2) is 42.9 Å². The smallest absolute Gasteiger partial charge is 0.166 e. The Morgan fingerprint density at radius 2 is 2.00 bits per heavy atom. The second kappa shape index (κ2) is 9.58. The molecule has 182 valence electrons. The molecule has 4 heterocycles. The highest BCUT2D eigenvalue weighted by molar-refractivity contribution is 6.35. The van der Waals surface area contributed by atoms with Crippen LogP contribution in [0.2, 0.25) is 10.0 Å². The third kappa shape index (κ3) is 4.77. The molecule has 0 bridgehead atoms. The van der Waals surface area contributed by atoms with Gasteiger partial charge in [0, 0.05) is 60.6 Å². The van der Waals surface area contributed by atoms with Gasteiger partial charge in [-0.3, -0.25) is 10.4 Å². The fraction of sp³-hybridized carbons (Fsp3) is 0.292. The van der Waals surface area contributed by atoms with Crippen molar-refractivity contribution in [3.05, 3.63) is 75.4 Å². The topological polar surface area (TPSA) is 109 Å². The van der Waals surface area contributed by atoms with Crippen LogP contribution in [-0.4, -0.2) is 54.1 Å². The monoisotopic (exact) mass is 516 g/mol. The molecule has 0 amide bonds. The fourth-order valence-corrected chi connectivity index (χ4v) is 4.75. The lowest BCUT2D eigenvalue weighted by atomic mass is 9.89. The van der Waals surface area contributed by atoms with Crippen molar-refractivity contribution in [1.29, 1.82) is 5.41 Å². The van der Waals surface area contributed by atoms with Crippen molar-refractivity contribution in [2.75, 3.05) is 43.5 Å². The minimum Gasteiger partial charge on any atom is -0.489 e. The molecule has 2 saturated heterocycles. The van der Waals surface area contributed by atoms with Crippen LogP contribution < -0.4 is 20.7 Å². The molecule has 2 aliphatic rings. The number of rotatable bonds is 6. The highest BCUT2D eigenvalue weighted by Gasteiger charge is 2.45. The number of morpholine rings is 1. The van der Waals surface area contributed by atoms with E-state index in [0.717, 1.165) is 6.54 Å². The molecule has 5 rings (SSSR count). The third-order valence-corrected chi connectivity index (χ3v) is 6.80. The summed E-state index contributed by atoms with van der Waals surface area (Å²) in [5.41, 5.74) is 7.68. The van der Waals surface area contributed by atoms with Crippen LogP contribution in [-0.2, 0) is 11.3 Å². The van der Waals surface area contributed by atoms with Crippen LogP contribution in [0.4, 0.5) is 15.9 Å². The van der Waals surface area contributed by atoms with E-state index < -0.39 is 5.82 Å². The summed E-state index contributed by atoms with van der Waals surface area (Å²) in [4.78, 5) is 10.1. The predicted octanol–water partition coefficient (Wildman–Crippen LogP) is 3.68. The Hall–Kier alpha value is -2.98. The number of hydrogen-bond donors (Lipinski definition) is 3. The van der Waals surface area contributed by atoms with Crippen molar-refractivity contribution in [2.45, 2.75) is 12.1 Å². The number of halogens is 3. The van der Waals surface area contributed by atoms with E-state index in [9.17, 15) is 4.39 Å². The molecule has 8 nitrogen and oxygen atoms in total. The number of pyridine rings is 2. The van der Waals surface area contributed by atoms with Gasteiger partial charge >= 0.3 is 0 Å². The molecule has 4 N–H and O–H groups in total. The van der Waals surface area contributed by atoms with Crippen molar-refractivity contribution in [1.82, 2.24) is 15.3 Å². The van der Waals surface area contributed by atoms with E-state index in [2.05, 4.69) is 15.3 Å². The zero-order valence-corrected chi connectivity index (χ0v) is 20.2. The summed E-state index contributed by atoms with van der Waals surface area (Å²) in [6, 6.07) is 6.25. The molecule has 2 aromatic heterocycles. The van der Waals surface area contributed by atoms with E-state index in [1.807, 2.05) is 4.90 Å². The molecule has 0 saturated carbocycles. The molecule has 0 radical (unpaired) electrons. The van der Waals surface area contributed by atoms with Crippen LogP contribution >= 0.6 is 23.2 Å². The highest BCUT2D eigenvalue weighted by atomic mass is 35.5. The number of benzene rings is 1. The first-order valence-electron chi connectivity index (χ1n) is 11.0. The number of hydrogen-bond acceptors (Lipinski definition) is 8. The Morgan fingerprint density at radius 3 is 2.69 bits per heavy atom. The van der Waals surface area contributed by atoms with E-state index in [4.69, 9.17) is 43.8 Å². The van der Waals surface area contributed by atoms with Gasteiger partial charge in [-0.15, -0.1) is 0 Å². The molecule has 35 heavy (non-hydrogen) atoms. The average molecular weight is 517 g/mol. The fourth-order valence-electron chi connectivity index (χ4n) is 4.27. The second-order valence-corrected chi connectivity index (χ2v) is 9.45. The molecule has 2 aliphatic heterocycles. The maximum Gasteiger partial charge on any atom is 0.166 e. The van der Waals surface area contributed by atoms with Crippen molar-refractivity contribution in [3.8, 4) is 5.75 Å². The van der Waals surface area contributed by atoms with E-state index in [1.165, 1.54) is 24.7 Å². The Kier molecular flexibility index (Phi) is 6.50. The van der Waals surface area contributed by atoms with E-state index >= 15 is 0 Å². The summed E-state index contributed by atoms with van der Waals surface area (Å²) in [5.74, 6) is 0.225. The number of anilines is 2. The van der Waals surface area contributed by atoms with Crippen molar-refractivity contribution in [3.63, 3.8) is 0 Å². The Bertz CT molecular complexity index is 1260. The van der Waals surface area contributed by atoms with Gasteiger partial charge in [-0.25, -0.2) is 9.37 Å². The number of aromatic nitrogens is 2. The highest BCUT2D eigenvalue weighted by Crippen LogP contribution is 2.31. The summed E-state index contributed by atoms with van der Waals surface area (Å²) in [7, 11) is 0. The number of ether oxygens (including phenoxy) is 2. The number of nitrogens with zero attached hydrogens (tertiary/aromatic N) is 3. The van der Waals surface area contributed by atoms with Gasteiger partial charge in [0.2, 0.25) is 0 Å². The molecule has 3 aromatic rings. The first kappa shape index (κ1) is 23.7. The van der Waals surface area contributed by atoms with Gasteiger partial charge in [-0.2, -0.15) is 0 Å². The van der Waals surface area contributed by atoms with Gasteiger partial charge in [-0.05, 0) is 24.3 Å². The molecule has 1 spiro atoms. The first-order valence-corrected chi connectivity index (χ1v) is 11.7. The van der Waals surface area contributed by atoms with Gasteiger partial charge in [0.25, 0.3) is 0 Å². The largest absolute Gasteiger partial charge is 0.489 e. The molecular formula is C24H23Cl2FN6O2. The third-order valence-electron chi connectivity index (χ3n) is 6.15. The number of nitrogen functional groups attached to an aromatic ring is 1. The lowest BCUT2D eigenvalue weighted by molar-refractivity contribution is 0.0133. The van der Waals surface area contributed by atoms with Gasteiger partial charge in [-0.1, -0.05) is 23.2 Å². The van der Waals surface area contributed by atoms with Crippen molar-refractivity contribution < 1.29 is 13.9 Å². The maximum atomic E-state index is 15.0. The van der Waals surface area contributed by atoms with Crippen LogP contribution in [0.1, 0.15) is 16.7 Å². The van der Waals surface area contributed by atoms with Crippen LogP contribution in [0.5, 0.6) is 5.75 Å². The Balaban J connectivity index is 1.30. The van der Waals surface area contributed by atoms with Crippen molar-refractivity contribution in [2.24, 2.45) is 0 Å². The minimum atomic E-state index is -0.494. The summed E-state index contributed by atoms with van der Waals surface area (Å²) < 4.78 is 26.4. The van der Waals surface area contributed by atoms with Gasteiger partial charge < -0.3 is 25.4 Å². The van der Waals surface area contributed by atoms with E-state index in [1.54, 1.807) is 18.2 Å². The quantitative estimate of drug-likeness (QED) is 0.338. The molecule has 1 aromatic carbocycles.